The Balaban J connectivity index is 3.01. The highest BCUT2D eigenvalue weighted by Crippen LogP contribution is 2.18. The van der Waals surface area contributed by atoms with Gasteiger partial charge < -0.3 is 14.6 Å². The highest BCUT2D eigenvalue weighted by molar-refractivity contribution is 5.91. The summed E-state index contributed by atoms with van der Waals surface area (Å²) in [6.45, 7) is 0. The molecule has 0 heterocycles. The lowest BCUT2D eigenvalue weighted by atomic mass is 10.1. The Morgan fingerprint density at radius 2 is 1.94 bits per heavy atom. The second-order valence-electron chi connectivity index (χ2n) is 2.97. The molecule has 0 spiro atoms. The van der Waals surface area contributed by atoms with Gasteiger partial charge in [0.1, 0.15) is 5.75 Å². The van der Waals surface area contributed by atoms with Gasteiger partial charge in [-0.2, -0.15) is 0 Å². The first-order chi connectivity index (χ1) is 8.08. The quantitative estimate of drug-likeness (QED) is 0.572. The van der Waals surface area contributed by atoms with Gasteiger partial charge in [-0.25, -0.2) is 9.59 Å². The average Bonchev–Trinajstić information content (AvgIpc) is 2.35. The highest BCUT2D eigenvalue weighted by atomic mass is 16.5. The van der Waals surface area contributed by atoms with Crippen LogP contribution in [-0.2, 0) is 14.3 Å². The summed E-state index contributed by atoms with van der Waals surface area (Å²) in [7, 11) is 2.45. The third-order valence-electron chi connectivity index (χ3n) is 1.90. The normalized spacial score (nSPS) is 8.82. The number of rotatable bonds is 1. The van der Waals surface area contributed by atoms with Crippen LogP contribution >= 0.6 is 0 Å². The highest BCUT2D eigenvalue weighted by Gasteiger charge is 2.08. The number of carbonyl (C=O) groups excluding carboxylic acids is 2. The van der Waals surface area contributed by atoms with E-state index in [4.69, 9.17) is 0 Å². The summed E-state index contributed by atoms with van der Waals surface area (Å²) < 4.78 is 8.81. The van der Waals surface area contributed by atoms with Crippen molar-refractivity contribution in [3.8, 4) is 17.6 Å². The standard InChI is InChI=1S/C12H10O5/c1-16-11(14)6-5-8-3-4-9(7-10(8)13)12(15)17-2/h3-4,7,13H,1-2H3. The molecule has 0 aliphatic heterocycles. The van der Waals surface area contributed by atoms with Crippen LogP contribution in [0.15, 0.2) is 18.2 Å². The van der Waals surface area contributed by atoms with E-state index >= 15 is 0 Å². The summed E-state index contributed by atoms with van der Waals surface area (Å²) in [6.07, 6.45) is 0. The van der Waals surface area contributed by atoms with Crippen molar-refractivity contribution in [3.05, 3.63) is 29.3 Å². The first kappa shape index (κ1) is 12.6. The minimum atomic E-state index is -0.707. The van der Waals surface area contributed by atoms with Crippen molar-refractivity contribution in [1.82, 2.24) is 0 Å². The van der Waals surface area contributed by atoms with Crippen molar-refractivity contribution >= 4 is 11.9 Å². The molecule has 0 radical (unpaired) electrons. The van der Waals surface area contributed by atoms with Crippen molar-refractivity contribution in [1.29, 1.82) is 0 Å². The van der Waals surface area contributed by atoms with Crippen LogP contribution in [0.5, 0.6) is 5.75 Å². The van der Waals surface area contributed by atoms with Crippen LogP contribution < -0.4 is 0 Å². The molecule has 0 aliphatic rings. The molecule has 1 N–H and O–H groups in total. The molecule has 0 atom stereocenters. The second kappa shape index (κ2) is 5.56. The first-order valence-corrected chi connectivity index (χ1v) is 4.59. The summed E-state index contributed by atoms with van der Waals surface area (Å²) in [4.78, 5) is 21.9. The van der Waals surface area contributed by atoms with E-state index in [1.165, 1.54) is 32.4 Å². The minimum absolute atomic E-state index is 0.202. The Labute approximate surface area is 98.0 Å². The number of aromatic hydroxyl groups is 1. The van der Waals surface area contributed by atoms with Crippen LogP contribution in [-0.4, -0.2) is 31.3 Å². The second-order valence-corrected chi connectivity index (χ2v) is 2.97. The third kappa shape index (κ3) is 3.24. The fraction of sp³-hybridized carbons (Fsp3) is 0.167. The number of ether oxygens (including phenoxy) is 2. The van der Waals surface area contributed by atoms with Gasteiger partial charge in [-0.05, 0) is 18.2 Å². The van der Waals surface area contributed by atoms with E-state index in [9.17, 15) is 14.7 Å². The Kier molecular flexibility index (Phi) is 4.12. The van der Waals surface area contributed by atoms with Crippen molar-refractivity contribution in [2.24, 2.45) is 0 Å². The maximum atomic E-state index is 11.1. The molecule has 1 rings (SSSR count). The van der Waals surface area contributed by atoms with Gasteiger partial charge in [0.05, 0.1) is 25.3 Å². The van der Waals surface area contributed by atoms with E-state index in [1.54, 1.807) is 0 Å². The largest absolute Gasteiger partial charge is 0.507 e. The monoisotopic (exact) mass is 234 g/mol. The lowest BCUT2D eigenvalue weighted by molar-refractivity contribution is -0.133. The first-order valence-electron chi connectivity index (χ1n) is 4.59. The van der Waals surface area contributed by atoms with Gasteiger partial charge in [0.25, 0.3) is 0 Å². The molecule has 17 heavy (non-hydrogen) atoms. The van der Waals surface area contributed by atoms with E-state index < -0.39 is 11.9 Å². The molecule has 0 unspecified atom stereocenters. The Morgan fingerprint density at radius 3 is 2.47 bits per heavy atom. The summed E-state index contributed by atoms with van der Waals surface area (Å²) in [5.74, 6) is 3.11. The lowest BCUT2D eigenvalue weighted by Crippen LogP contribution is -2.00. The van der Waals surface area contributed by atoms with Crippen LogP contribution in [0.4, 0.5) is 0 Å². The Hall–Kier alpha value is -2.48. The van der Waals surface area contributed by atoms with Gasteiger partial charge in [-0.1, -0.05) is 5.92 Å². The number of benzene rings is 1. The zero-order valence-electron chi connectivity index (χ0n) is 9.31. The van der Waals surface area contributed by atoms with E-state index in [-0.39, 0.29) is 16.9 Å². The molecule has 1 aromatic rings. The fourth-order valence-electron chi connectivity index (χ4n) is 1.05. The lowest BCUT2D eigenvalue weighted by Gasteiger charge is -2.01. The Bertz CT molecular complexity index is 507. The van der Waals surface area contributed by atoms with Crippen LogP contribution in [0.2, 0.25) is 0 Å². The predicted octanol–water partition coefficient (Wildman–Crippen LogP) is 0.703. The van der Waals surface area contributed by atoms with Gasteiger partial charge in [0.15, 0.2) is 0 Å². The molecule has 5 nitrogen and oxygen atoms in total. The predicted molar refractivity (Wildman–Crippen MR) is 58.3 cm³/mol. The number of esters is 2. The zero-order valence-corrected chi connectivity index (χ0v) is 9.31. The number of phenols is 1. The van der Waals surface area contributed by atoms with Gasteiger partial charge in [0, 0.05) is 5.92 Å². The van der Waals surface area contributed by atoms with Gasteiger partial charge in [-0.3, -0.25) is 0 Å². The van der Waals surface area contributed by atoms with Crippen molar-refractivity contribution in [2.45, 2.75) is 0 Å². The van der Waals surface area contributed by atoms with Crippen molar-refractivity contribution in [3.63, 3.8) is 0 Å². The fourth-order valence-corrected chi connectivity index (χ4v) is 1.05. The molecule has 0 aromatic heterocycles. The van der Waals surface area contributed by atoms with Gasteiger partial charge in [0.2, 0.25) is 0 Å². The van der Waals surface area contributed by atoms with E-state index in [0.29, 0.717) is 0 Å². The molecule has 0 aliphatic carbocycles. The molecule has 88 valence electrons. The average molecular weight is 234 g/mol. The summed E-state index contributed by atoms with van der Waals surface area (Å²) in [5, 5.41) is 9.56. The molecule has 0 amide bonds. The van der Waals surface area contributed by atoms with E-state index in [0.717, 1.165) is 0 Å². The SMILES string of the molecule is COC(=O)C#Cc1ccc(C(=O)OC)cc1O. The topological polar surface area (TPSA) is 72.8 Å². The summed E-state index contributed by atoms with van der Waals surface area (Å²) in [5.41, 5.74) is 0.427. The van der Waals surface area contributed by atoms with Crippen LogP contribution in [0.25, 0.3) is 0 Å². The van der Waals surface area contributed by atoms with Crippen LogP contribution in [0, 0.1) is 11.8 Å². The molecule has 0 fully saturated rings. The molecule has 0 bridgehead atoms. The molecule has 5 heteroatoms. The zero-order chi connectivity index (χ0) is 12.8. The smallest absolute Gasteiger partial charge is 0.384 e. The summed E-state index contributed by atoms with van der Waals surface area (Å²) >= 11 is 0. The molecule has 0 saturated carbocycles. The molecule has 1 aromatic carbocycles. The van der Waals surface area contributed by atoms with Crippen LogP contribution in [0.3, 0.4) is 0 Å². The van der Waals surface area contributed by atoms with Gasteiger partial charge >= 0.3 is 11.9 Å². The Morgan fingerprint density at radius 1 is 1.24 bits per heavy atom. The number of hydrogen-bond donors (Lipinski definition) is 1. The van der Waals surface area contributed by atoms with Crippen molar-refractivity contribution in [2.75, 3.05) is 14.2 Å². The minimum Gasteiger partial charge on any atom is -0.507 e. The number of methoxy groups -OCH3 is 2. The number of hydrogen-bond acceptors (Lipinski definition) is 5. The molecular weight excluding hydrogens is 224 g/mol. The number of phenolic OH excluding ortho intramolecular Hbond substituents is 1. The van der Waals surface area contributed by atoms with Gasteiger partial charge in [-0.15, -0.1) is 0 Å². The number of carbonyl (C=O) groups is 2. The van der Waals surface area contributed by atoms with Crippen LogP contribution in [0.1, 0.15) is 15.9 Å². The summed E-state index contributed by atoms with van der Waals surface area (Å²) in [6, 6.07) is 4.07. The molecule has 0 saturated heterocycles. The maximum absolute atomic E-state index is 11.1. The van der Waals surface area contributed by atoms with Crippen molar-refractivity contribution < 1.29 is 24.2 Å². The van der Waals surface area contributed by atoms with E-state index in [2.05, 4.69) is 21.3 Å². The maximum Gasteiger partial charge on any atom is 0.384 e. The van der Waals surface area contributed by atoms with E-state index in [1.807, 2.05) is 0 Å². The third-order valence-corrected chi connectivity index (χ3v) is 1.90. The molecular formula is C12H10O5.